The molecule has 1 aromatic carbocycles. The van der Waals surface area contributed by atoms with Crippen LogP contribution in [0, 0.1) is 5.82 Å². The van der Waals surface area contributed by atoms with Gasteiger partial charge in [0.15, 0.2) is 0 Å². The van der Waals surface area contributed by atoms with Crippen molar-refractivity contribution >= 4 is 10.2 Å². The lowest BCUT2D eigenvalue weighted by Crippen LogP contribution is -2.53. The van der Waals surface area contributed by atoms with Crippen LogP contribution >= 0.6 is 0 Å². The normalized spacial score (nSPS) is 24.7. The first-order valence-electron chi connectivity index (χ1n) is 8.16. The number of halogens is 1. The lowest BCUT2D eigenvalue weighted by atomic mass is 9.98. The third-order valence-electron chi connectivity index (χ3n) is 4.55. The molecule has 2 saturated heterocycles. The van der Waals surface area contributed by atoms with Gasteiger partial charge >= 0.3 is 0 Å². The zero-order chi connectivity index (χ0) is 16.3. The molecule has 0 saturated carbocycles. The fourth-order valence-electron chi connectivity index (χ4n) is 3.30. The minimum Gasteiger partial charge on any atom is -0.379 e. The molecule has 0 aromatic heterocycles. The first-order chi connectivity index (χ1) is 11.1. The molecule has 128 valence electrons. The Morgan fingerprint density at radius 3 is 2.48 bits per heavy atom. The van der Waals surface area contributed by atoms with Crippen LogP contribution < -0.4 is 0 Å². The van der Waals surface area contributed by atoms with Crippen molar-refractivity contribution in [1.29, 1.82) is 0 Å². The van der Waals surface area contributed by atoms with E-state index < -0.39 is 10.2 Å². The molecule has 0 amide bonds. The number of hydrogen-bond acceptors (Lipinski definition) is 3. The summed E-state index contributed by atoms with van der Waals surface area (Å²) in [5.74, 6) is -0.268. The number of rotatable bonds is 4. The van der Waals surface area contributed by atoms with Crippen molar-refractivity contribution in [2.24, 2.45) is 0 Å². The molecule has 1 aromatic rings. The van der Waals surface area contributed by atoms with E-state index in [1.165, 1.54) is 16.4 Å². The summed E-state index contributed by atoms with van der Waals surface area (Å²) < 4.78 is 47.3. The van der Waals surface area contributed by atoms with Crippen LogP contribution in [0.3, 0.4) is 0 Å². The van der Waals surface area contributed by atoms with Crippen LogP contribution in [0.15, 0.2) is 24.3 Å². The molecule has 2 aliphatic heterocycles. The fraction of sp³-hybridized carbons (Fsp3) is 0.625. The van der Waals surface area contributed by atoms with E-state index in [0.717, 1.165) is 24.8 Å². The number of benzene rings is 1. The van der Waals surface area contributed by atoms with Gasteiger partial charge in [-0.25, -0.2) is 4.39 Å². The SMILES string of the molecule is O=S(=O)(N1CCOCC1)N1CCCC[C@@H]1Cc1ccc(F)cc1. The van der Waals surface area contributed by atoms with Crippen molar-refractivity contribution in [3.63, 3.8) is 0 Å². The summed E-state index contributed by atoms with van der Waals surface area (Å²) in [6.45, 7) is 2.31. The van der Waals surface area contributed by atoms with Gasteiger partial charge in [0.2, 0.25) is 0 Å². The predicted octanol–water partition coefficient (Wildman–Crippen LogP) is 1.80. The quantitative estimate of drug-likeness (QED) is 0.838. The van der Waals surface area contributed by atoms with Crippen LogP contribution in [0.2, 0.25) is 0 Å². The minimum atomic E-state index is -3.45. The monoisotopic (exact) mass is 342 g/mol. The number of ether oxygens (including phenoxy) is 1. The number of morpholine rings is 1. The van der Waals surface area contributed by atoms with Gasteiger partial charge in [0.1, 0.15) is 5.82 Å². The highest BCUT2D eigenvalue weighted by Crippen LogP contribution is 2.26. The van der Waals surface area contributed by atoms with E-state index in [-0.39, 0.29) is 11.9 Å². The van der Waals surface area contributed by atoms with E-state index in [2.05, 4.69) is 0 Å². The van der Waals surface area contributed by atoms with Gasteiger partial charge in [-0.05, 0) is 37.0 Å². The molecule has 7 heteroatoms. The number of nitrogens with zero attached hydrogens (tertiary/aromatic N) is 2. The van der Waals surface area contributed by atoms with E-state index in [4.69, 9.17) is 4.74 Å². The Morgan fingerprint density at radius 1 is 1.09 bits per heavy atom. The average Bonchev–Trinajstić information content (AvgIpc) is 2.58. The second-order valence-corrected chi connectivity index (χ2v) is 7.99. The lowest BCUT2D eigenvalue weighted by Gasteiger charge is -2.39. The summed E-state index contributed by atoms with van der Waals surface area (Å²) in [5, 5.41) is 0. The molecule has 0 spiro atoms. The average molecular weight is 342 g/mol. The molecular formula is C16H23FN2O3S. The smallest absolute Gasteiger partial charge is 0.282 e. The molecule has 0 N–H and O–H groups in total. The van der Waals surface area contributed by atoms with Crippen molar-refractivity contribution in [1.82, 2.24) is 8.61 Å². The highest BCUT2D eigenvalue weighted by molar-refractivity contribution is 7.86. The molecule has 1 atom stereocenters. The van der Waals surface area contributed by atoms with Crippen LogP contribution in [0.4, 0.5) is 4.39 Å². The molecule has 3 rings (SSSR count). The fourth-order valence-corrected chi connectivity index (χ4v) is 5.12. The van der Waals surface area contributed by atoms with Crippen molar-refractivity contribution in [2.75, 3.05) is 32.8 Å². The van der Waals surface area contributed by atoms with Crippen molar-refractivity contribution in [3.8, 4) is 0 Å². The van der Waals surface area contributed by atoms with Crippen molar-refractivity contribution < 1.29 is 17.5 Å². The molecular weight excluding hydrogens is 319 g/mol. The van der Waals surface area contributed by atoms with E-state index in [1.54, 1.807) is 16.4 Å². The van der Waals surface area contributed by atoms with Gasteiger partial charge in [0.05, 0.1) is 13.2 Å². The largest absolute Gasteiger partial charge is 0.379 e. The molecule has 0 unspecified atom stereocenters. The van der Waals surface area contributed by atoms with Gasteiger partial charge in [-0.1, -0.05) is 18.6 Å². The Bertz CT molecular complexity index is 615. The Kier molecular flexibility index (Phi) is 5.31. The van der Waals surface area contributed by atoms with Crippen LogP contribution in [0.5, 0.6) is 0 Å². The summed E-state index contributed by atoms with van der Waals surface area (Å²) >= 11 is 0. The Morgan fingerprint density at radius 2 is 1.78 bits per heavy atom. The number of piperidine rings is 1. The molecule has 0 aliphatic carbocycles. The lowest BCUT2D eigenvalue weighted by molar-refractivity contribution is 0.0682. The number of hydrogen-bond donors (Lipinski definition) is 0. The summed E-state index contributed by atoms with van der Waals surface area (Å²) in [4.78, 5) is 0. The zero-order valence-corrected chi connectivity index (χ0v) is 14.0. The summed E-state index contributed by atoms with van der Waals surface area (Å²) in [6, 6.07) is 6.28. The molecule has 2 aliphatic rings. The highest BCUT2D eigenvalue weighted by Gasteiger charge is 2.37. The van der Waals surface area contributed by atoms with E-state index in [1.807, 2.05) is 0 Å². The van der Waals surface area contributed by atoms with Gasteiger partial charge in [-0.15, -0.1) is 0 Å². The minimum absolute atomic E-state index is 0.0537. The Hall–Kier alpha value is -1.02. The first-order valence-corrected chi connectivity index (χ1v) is 9.56. The molecule has 2 fully saturated rings. The molecule has 5 nitrogen and oxygen atoms in total. The standard InChI is InChI=1S/C16H23FN2O3S/c17-15-6-4-14(5-7-15)13-16-3-1-2-8-19(16)23(20,21)18-9-11-22-12-10-18/h4-7,16H,1-3,8-13H2/t16-/m1/s1. The van der Waals surface area contributed by atoms with Crippen LogP contribution in [0.25, 0.3) is 0 Å². The maximum Gasteiger partial charge on any atom is 0.282 e. The van der Waals surface area contributed by atoms with E-state index in [0.29, 0.717) is 39.3 Å². The van der Waals surface area contributed by atoms with Crippen molar-refractivity contribution in [3.05, 3.63) is 35.6 Å². The van der Waals surface area contributed by atoms with Crippen LogP contribution in [0.1, 0.15) is 24.8 Å². The third kappa shape index (κ3) is 3.91. The second kappa shape index (κ2) is 7.25. The van der Waals surface area contributed by atoms with Crippen molar-refractivity contribution in [2.45, 2.75) is 31.7 Å². The zero-order valence-electron chi connectivity index (χ0n) is 13.2. The molecule has 2 heterocycles. The van der Waals surface area contributed by atoms with E-state index >= 15 is 0 Å². The van der Waals surface area contributed by atoms with Gasteiger partial charge in [-0.2, -0.15) is 17.0 Å². The molecule has 0 radical (unpaired) electrons. The van der Waals surface area contributed by atoms with Gasteiger partial charge in [0, 0.05) is 25.7 Å². The Labute approximate surface area is 137 Å². The summed E-state index contributed by atoms with van der Waals surface area (Å²) in [7, 11) is -3.45. The maximum atomic E-state index is 13.0. The van der Waals surface area contributed by atoms with Crippen LogP contribution in [-0.4, -0.2) is 55.9 Å². The highest BCUT2D eigenvalue weighted by atomic mass is 32.2. The predicted molar refractivity (Wildman–Crippen MR) is 85.8 cm³/mol. The summed E-state index contributed by atoms with van der Waals surface area (Å²) in [5.41, 5.74) is 0.973. The molecule has 0 bridgehead atoms. The third-order valence-corrected chi connectivity index (χ3v) is 6.64. The Balaban J connectivity index is 1.76. The summed E-state index contributed by atoms with van der Waals surface area (Å²) in [6.07, 6.45) is 3.40. The molecule has 23 heavy (non-hydrogen) atoms. The second-order valence-electron chi connectivity index (χ2n) is 6.11. The first kappa shape index (κ1) is 16.8. The topological polar surface area (TPSA) is 49.9 Å². The van der Waals surface area contributed by atoms with Gasteiger partial charge in [0.25, 0.3) is 10.2 Å². The van der Waals surface area contributed by atoms with Crippen LogP contribution in [-0.2, 0) is 21.4 Å². The van der Waals surface area contributed by atoms with Gasteiger partial charge < -0.3 is 4.74 Å². The van der Waals surface area contributed by atoms with Gasteiger partial charge in [-0.3, -0.25) is 0 Å². The maximum absolute atomic E-state index is 13.0. The van der Waals surface area contributed by atoms with E-state index in [9.17, 15) is 12.8 Å².